The number of nitrogens with zero attached hydrogens (tertiary/aromatic N) is 1. The molecule has 1 fully saturated rings. The summed E-state index contributed by atoms with van der Waals surface area (Å²) in [5.74, 6) is 0. The van der Waals surface area contributed by atoms with Crippen LogP contribution >= 0.6 is 7.52 Å². The molecule has 1 unspecified atom stereocenters. The number of ether oxygens (including phenoxy) is 1. The molecule has 0 aliphatic carbocycles. The molecule has 0 aromatic heterocycles. The average molecular weight is 227 g/mol. The first-order chi connectivity index (χ1) is 7.21. The molecule has 0 spiro atoms. The Morgan fingerprint density at radius 1 is 1.20 bits per heavy atom. The first-order valence-corrected chi connectivity index (χ1v) is 6.54. The Hall–Kier alpha value is -0.670. The molecule has 0 saturated carbocycles. The van der Waals surface area contributed by atoms with Gasteiger partial charge >= 0.3 is 0 Å². The quantitative estimate of drug-likeness (QED) is 0.760. The van der Waals surface area contributed by atoms with Crippen molar-refractivity contribution in [2.45, 2.75) is 0 Å². The van der Waals surface area contributed by atoms with E-state index in [2.05, 4.69) is 0 Å². The van der Waals surface area contributed by atoms with Crippen LogP contribution in [0.5, 0.6) is 0 Å². The van der Waals surface area contributed by atoms with Crippen LogP contribution in [0.3, 0.4) is 0 Å². The molecule has 1 aliphatic rings. The molecule has 1 atom stereocenters. The average Bonchev–Trinajstić information content (AvgIpc) is 2.31. The van der Waals surface area contributed by atoms with Crippen LogP contribution in [0.15, 0.2) is 30.3 Å². The second kappa shape index (κ2) is 4.45. The fraction of sp³-hybridized carbons (Fsp3) is 0.400. The van der Waals surface area contributed by atoms with E-state index in [1.807, 2.05) is 6.07 Å². The Balaban J connectivity index is 2.22. The van der Waals surface area contributed by atoms with E-state index in [9.17, 15) is 9.46 Å². The van der Waals surface area contributed by atoms with Crippen LogP contribution in [0.4, 0.5) is 0 Å². The molecule has 2 rings (SSSR count). The summed E-state index contributed by atoms with van der Waals surface area (Å²) in [6.07, 6.45) is 0. The molecule has 1 N–H and O–H groups in total. The van der Waals surface area contributed by atoms with Gasteiger partial charge in [0.2, 0.25) is 0 Å². The summed E-state index contributed by atoms with van der Waals surface area (Å²) in [7, 11) is -3.37. The molecule has 15 heavy (non-hydrogen) atoms. The highest BCUT2D eigenvalue weighted by atomic mass is 31.2. The smallest absolute Gasteiger partial charge is 0.299 e. The fourth-order valence-electron chi connectivity index (χ4n) is 1.61. The van der Waals surface area contributed by atoms with E-state index in [1.165, 1.54) is 0 Å². The second-order valence-electron chi connectivity index (χ2n) is 3.45. The summed E-state index contributed by atoms with van der Waals surface area (Å²) < 4.78 is 19.0. The molecule has 82 valence electrons. The van der Waals surface area contributed by atoms with Crippen molar-refractivity contribution in [3.05, 3.63) is 30.3 Å². The minimum atomic E-state index is -3.37. The lowest BCUT2D eigenvalue weighted by atomic mass is 10.4. The van der Waals surface area contributed by atoms with Gasteiger partial charge in [0.25, 0.3) is 7.52 Å². The van der Waals surface area contributed by atoms with E-state index in [0.717, 1.165) is 0 Å². The number of rotatable bonds is 2. The first-order valence-electron chi connectivity index (χ1n) is 4.93. The van der Waals surface area contributed by atoms with Gasteiger partial charge in [0.1, 0.15) is 0 Å². The van der Waals surface area contributed by atoms with Crippen molar-refractivity contribution in [1.29, 1.82) is 0 Å². The van der Waals surface area contributed by atoms with Crippen LogP contribution in [0.2, 0.25) is 0 Å². The second-order valence-corrected chi connectivity index (χ2v) is 5.62. The van der Waals surface area contributed by atoms with Crippen molar-refractivity contribution in [3.63, 3.8) is 0 Å². The highest BCUT2D eigenvalue weighted by molar-refractivity contribution is 7.63. The van der Waals surface area contributed by atoms with Crippen LogP contribution in [-0.4, -0.2) is 35.9 Å². The van der Waals surface area contributed by atoms with E-state index in [4.69, 9.17) is 4.74 Å². The summed E-state index contributed by atoms with van der Waals surface area (Å²) in [4.78, 5) is 10.0. The highest BCUT2D eigenvalue weighted by Crippen LogP contribution is 2.43. The van der Waals surface area contributed by atoms with Gasteiger partial charge in [-0.2, -0.15) is 0 Å². The van der Waals surface area contributed by atoms with Crippen LogP contribution in [0.1, 0.15) is 0 Å². The third-order valence-corrected chi connectivity index (χ3v) is 4.60. The Morgan fingerprint density at radius 3 is 2.40 bits per heavy atom. The van der Waals surface area contributed by atoms with Crippen molar-refractivity contribution in [3.8, 4) is 0 Å². The molecule has 5 heteroatoms. The molecular formula is C10H14NO3P. The monoisotopic (exact) mass is 227 g/mol. The Labute approximate surface area is 89.0 Å². The standard InChI is InChI=1S/C10H14NO3P/c12-15(13,10-4-2-1-3-5-10)11-6-8-14-9-7-11/h1-5H,6-9H2,(H,12,13). The molecule has 0 bridgehead atoms. The zero-order chi connectivity index (χ0) is 10.7. The zero-order valence-electron chi connectivity index (χ0n) is 8.37. The largest absolute Gasteiger partial charge is 0.379 e. The van der Waals surface area contributed by atoms with Crippen LogP contribution < -0.4 is 5.30 Å². The normalized spacial score (nSPS) is 22.2. The van der Waals surface area contributed by atoms with Crippen molar-refractivity contribution in [1.82, 2.24) is 4.67 Å². The molecule has 1 aromatic carbocycles. The van der Waals surface area contributed by atoms with Gasteiger partial charge in [-0.1, -0.05) is 18.2 Å². The van der Waals surface area contributed by atoms with Gasteiger partial charge in [0.05, 0.1) is 18.5 Å². The van der Waals surface area contributed by atoms with Gasteiger partial charge < -0.3 is 9.63 Å². The van der Waals surface area contributed by atoms with Gasteiger partial charge in [-0.25, -0.2) is 4.67 Å². The molecule has 1 saturated heterocycles. The minimum Gasteiger partial charge on any atom is -0.379 e. The van der Waals surface area contributed by atoms with E-state index in [1.54, 1.807) is 28.9 Å². The fourth-order valence-corrected chi connectivity index (χ4v) is 3.20. The molecule has 4 nitrogen and oxygen atoms in total. The van der Waals surface area contributed by atoms with E-state index < -0.39 is 7.52 Å². The highest BCUT2D eigenvalue weighted by Gasteiger charge is 2.31. The Bertz CT molecular complexity index is 362. The number of benzene rings is 1. The zero-order valence-corrected chi connectivity index (χ0v) is 9.27. The summed E-state index contributed by atoms with van der Waals surface area (Å²) >= 11 is 0. The van der Waals surface area contributed by atoms with Crippen molar-refractivity contribution >= 4 is 12.8 Å². The molecule has 1 heterocycles. The van der Waals surface area contributed by atoms with Crippen LogP contribution in [0, 0.1) is 0 Å². The topological polar surface area (TPSA) is 49.8 Å². The lowest BCUT2D eigenvalue weighted by molar-refractivity contribution is 0.0687. The Morgan fingerprint density at radius 2 is 1.80 bits per heavy atom. The third kappa shape index (κ3) is 2.29. The lowest BCUT2D eigenvalue weighted by Gasteiger charge is -2.30. The number of morpholine rings is 1. The molecular weight excluding hydrogens is 213 g/mol. The predicted molar refractivity (Wildman–Crippen MR) is 58.3 cm³/mol. The van der Waals surface area contributed by atoms with Gasteiger partial charge in [-0.15, -0.1) is 0 Å². The van der Waals surface area contributed by atoms with Gasteiger partial charge in [-0.05, 0) is 12.1 Å². The van der Waals surface area contributed by atoms with Crippen molar-refractivity contribution in [2.75, 3.05) is 26.3 Å². The molecule has 1 aliphatic heterocycles. The van der Waals surface area contributed by atoms with Crippen LogP contribution in [0.25, 0.3) is 0 Å². The maximum absolute atomic E-state index is 12.2. The molecule has 0 radical (unpaired) electrons. The predicted octanol–water partition coefficient (Wildman–Crippen LogP) is 0.829. The summed E-state index contributed by atoms with van der Waals surface area (Å²) in [6.45, 7) is 2.08. The van der Waals surface area contributed by atoms with Gasteiger partial charge in [-0.3, -0.25) is 4.57 Å². The third-order valence-electron chi connectivity index (χ3n) is 2.46. The van der Waals surface area contributed by atoms with Crippen molar-refractivity contribution < 1.29 is 14.2 Å². The molecule has 1 aromatic rings. The maximum atomic E-state index is 12.2. The SMILES string of the molecule is O=P(O)(c1ccccc1)N1CCOCC1. The summed E-state index contributed by atoms with van der Waals surface area (Å²) in [6, 6.07) is 8.77. The van der Waals surface area contributed by atoms with Crippen LogP contribution in [-0.2, 0) is 9.30 Å². The van der Waals surface area contributed by atoms with Gasteiger partial charge in [0.15, 0.2) is 0 Å². The van der Waals surface area contributed by atoms with E-state index in [-0.39, 0.29) is 0 Å². The molecule has 0 amide bonds. The minimum absolute atomic E-state index is 0.493. The maximum Gasteiger partial charge on any atom is 0.299 e. The number of hydrogen-bond donors (Lipinski definition) is 1. The van der Waals surface area contributed by atoms with E-state index >= 15 is 0 Å². The van der Waals surface area contributed by atoms with Gasteiger partial charge in [0, 0.05) is 13.1 Å². The summed E-state index contributed by atoms with van der Waals surface area (Å²) in [5, 5.41) is 0.493. The van der Waals surface area contributed by atoms with E-state index in [0.29, 0.717) is 31.6 Å². The van der Waals surface area contributed by atoms with Crippen molar-refractivity contribution in [2.24, 2.45) is 0 Å². The first kappa shape index (κ1) is 10.8. The Kier molecular flexibility index (Phi) is 3.22. The number of hydrogen-bond acceptors (Lipinski definition) is 2. The lowest BCUT2D eigenvalue weighted by Crippen LogP contribution is -2.36. The summed E-state index contributed by atoms with van der Waals surface area (Å²) in [5.41, 5.74) is 0.